The number of nitrogens with one attached hydrogen (secondary N) is 1. The van der Waals surface area contributed by atoms with Crippen LogP contribution in [0.4, 0.5) is 4.79 Å². The van der Waals surface area contributed by atoms with E-state index in [1.165, 1.54) is 0 Å². The number of alkyl carbamates (subject to hydrolysis) is 1. The van der Waals surface area contributed by atoms with E-state index < -0.39 is 23.7 Å². The summed E-state index contributed by atoms with van der Waals surface area (Å²) in [5.41, 5.74) is 2.12. The van der Waals surface area contributed by atoms with E-state index >= 15 is 0 Å². The first kappa shape index (κ1) is 20.5. The molecule has 0 fully saturated rings. The molecule has 2 aromatic rings. The van der Waals surface area contributed by atoms with Crippen molar-refractivity contribution in [2.75, 3.05) is 0 Å². The zero-order valence-electron chi connectivity index (χ0n) is 16.2. The summed E-state index contributed by atoms with van der Waals surface area (Å²) >= 11 is 0. The molecule has 2 rings (SSSR count). The summed E-state index contributed by atoms with van der Waals surface area (Å²) in [4.78, 5) is 23.5. The maximum atomic E-state index is 12.2. The van der Waals surface area contributed by atoms with Crippen molar-refractivity contribution in [1.82, 2.24) is 5.32 Å². The Labute approximate surface area is 160 Å². The predicted molar refractivity (Wildman–Crippen MR) is 105 cm³/mol. The van der Waals surface area contributed by atoms with Crippen LogP contribution in [0, 0.1) is 5.92 Å². The highest BCUT2D eigenvalue weighted by Gasteiger charge is 2.28. The van der Waals surface area contributed by atoms with Crippen LogP contribution in [-0.2, 0) is 15.1 Å². The van der Waals surface area contributed by atoms with Crippen LogP contribution >= 0.6 is 0 Å². The first-order valence-electron chi connectivity index (χ1n) is 9.07. The third kappa shape index (κ3) is 5.84. The first-order chi connectivity index (χ1) is 12.7. The molecule has 2 N–H and O–H groups in total. The summed E-state index contributed by atoms with van der Waals surface area (Å²) < 4.78 is 5.52. The molecule has 1 atom stereocenters. The van der Waals surface area contributed by atoms with Crippen LogP contribution < -0.4 is 5.32 Å². The summed E-state index contributed by atoms with van der Waals surface area (Å²) in [6, 6.07) is 16.8. The number of aliphatic carboxylic acids is 1. The quantitative estimate of drug-likeness (QED) is 0.734. The third-order valence-electron chi connectivity index (χ3n) is 4.33. The van der Waals surface area contributed by atoms with Crippen LogP contribution in [0.2, 0.25) is 0 Å². The molecule has 0 aliphatic rings. The largest absolute Gasteiger partial charge is 0.480 e. The Kier molecular flexibility index (Phi) is 6.61. The minimum atomic E-state index is -1.06. The molecule has 5 heteroatoms. The average Bonchev–Trinajstić information content (AvgIpc) is 2.61. The lowest BCUT2D eigenvalue weighted by atomic mass is 9.95. The Morgan fingerprint density at radius 2 is 1.56 bits per heavy atom. The zero-order valence-corrected chi connectivity index (χ0v) is 16.2. The van der Waals surface area contributed by atoms with Gasteiger partial charge in [0, 0.05) is 0 Å². The number of amides is 1. The summed E-state index contributed by atoms with van der Waals surface area (Å²) in [6.45, 7) is 7.37. The number of rotatable bonds is 7. The number of hydrogen-bond donors (Lipinski definition) is 2. The van der Waals surface area contributed by atoms with Crippen molar-refractivity contribution in [3.63, 3.8) is 0 Å². The van der Waals surface area contributed by atoms with E-state index in [2.05, 4.69) is 5.32 Å². The van der Waals surface area contributed by atoms with Crippen LogP contribution in [0.3, 0.4) is 0 Å². The fraction of sp³-hybridized carbons (Fsp3) is 0.364. The van der Waals surface area contributed by atoms with Gasteiger partial charge in [0.1, 0.15) is 11.6 Å². The molecule has 0 saturated heterocycles. The highest BCUT2D eigenvalue weighted by molar-refractivity contribution is 5.80. The summed E-state index contributed by atoms with van der Waals surface area (Å²) in [5, 5.41) is 11.7. The smallest absolute Gasteiger partial charge is 0.408 e. The van der Waals surface area contributed by atoms with Gasteiger partial charge in [0.25, 0.3) is 0 Å². The van der Waals surface area contributed by atoms with E-state index in [9.17, 15) is 14.7 Å². The summed E-state index contributed by atoms with van der Waals surface area (Å²) in [7, 11) is 0. The molecule has 5 nitrogen and oxygen atoms in total. The van der Waals surface area contributed by atoms with E-state index in [0.29, 0.717) is 6.42 Å². The lowest BCUT2D eigenvalue weighted by molar-refractivity contribution is -0.139. The molecule has 0 aliphatic carbocycles. The van der Waals surface area contributed by atoms with Gasteiger partial charge in [-0.1, -0.05) is 68.4 Å². The second-order valence-electron chi connectivity index (χ2n) is 7.51. The fourth-order valence-electron chi connectivity index (χ4n) is 2.85. The van der Waals surface area contributed by atoms with Gasteiger partial charge < -0.3 is 15.2 Å². The first-order valence-corrected chi connectivity index (χ1v) is 9.07. The Hall–Kier alpha value is -2.82. The number of hydrogen-bond acceptors (Lipinski definition) is 3. The molecule has 144 valence electrons. The van der Waals surface area contributed by atoms with Crippen molar-refractivity contribution >= 4 is 12.1 Å². The van der Waals surface area contributed by atoms with Crippen molar-refractivity contribution in [3.05, 3.63) is 60.2 Å². The average molecular weight is 369 g/mol. The van der Waals surface area contributed by atoms with E-state index in [4.69, 9.17) is 4.74 Å². The molecule has 0 saturated carbocycles. The SMILES string of the molecule is CC(C)C[C@@H](NC(=O)OC(C)(C)c1ccc(-c2ccccc2)cc1)C(=O)O. The van der Waals surface area contributed by atoms with Crippen LogP contribution in [0.5, 0.6) is 0 Å². The maximum Gasteiger partial charge on any atom is 0.408 e. The van der Waals surface area contributed by atoms with Gasteiger partial charge in [-0.3, -0.25) is 0 Å². The fourth-order valence-corrected chi connectivity index (χ4v) is 2.85. The van der Waals surface area contributed by atoms with Gasteiger partial charge in [0.2, 0.25) is 0 Å². The maximum absolute atomic E-state index is 12.2. The molecular formula is C22H27NO4. The van der Waals surface area contributed by atoms with Gasteiger partial charge in [-0.2, -0.15) is 0 Å². The van der Waals surface area contributed by atoms with Crippen molar-refractivity contribution in [1.29, 1.82) is 0 Å². The van der Waals surface area contributed by atoms with E-state index in [1.54, 1.807) is 13.8 Å². The number of carboxylic acids is 1. The molecular weight excluding hydrogens is 342 g/mol. The second-order valence-corrected chi connectivity index (χ2v) is 7.51. The van der Waals surface area contributed by atoms with Crippen molar-refractivity contribution in [3.8, 4) is 11.1 Å². The molecule has 0 heterocycles. The Balaban J connectivity index is 2.06. The number of ether oxygens (including phenoxy) is 1. The highest BCUT2D eigenvalue weighted by atomic mass is 16.6. The van der Waals surface area contributed by atoms with Gasteiger partial charge in [-0.25, -0.2) is 9.59 Å². The van der Waals surface area contributed by atoms with Gasteiger partial charge in [-0.15, -0.1) is 0 Å². The van der Waals surface area contributed by atoms with Crippen LogP contribution in [0.15, 0.2) is 54.6 Å². The van der Waals surface area contributed by atoms with Crippen LogP contribution in [0.1, 0.15) is 39.7 Å². The molecule has 27 heavy (non-hydrogen) atoms. The van der Waals surface area contributed by atoms with E-state index in [1.807, 2.05) is 68.4 Å². The lowest BCUT2D eigenvalue weighted by Crippen LogP contribution is -2.44. The van der Waals surface area contributed by atoms with Crippen molar-refractivity contribution < 1.29 is 19.4 Å². The van der Waals surface area contributed by atoms with Crippen LogP contribution in [0.25, 0.3) is 11.1 Å². The third-order valence-corrected chi connectivity index (χ3v) is 4.33. The van der Waals surface area contributed by atoms with Gasteiger partial charge >= 0.3 is 12.1 Å². The van der Waals surface area contributed by atoms with Gasteiger partial charge in [0.05, 0.1) is 0 Å². The van der Waals surface area contributed by atoms with E-state index in [0.717, 1.165) is 16.7 Å². The summed E-state index contributed by atoms with van der Waals surface area (Å²) in [6.07, 6.45) is -0.392. The van der Waals surface area contributed by atoms with Crippen molar-refractivity contribution in [2.45, 2.75) is 45.8 Å². The predicted octanol–water partition coefficient (Wildman–Crippen LogP) is 4.81. The number of carboxylic acid groups (broad SMARTS) is 1. The van der Waals surface area contributed by atoms with Crippen molar-refractivity contribution in [2.24, 2.45) is 5.92 Å². The van der Waals surface area contributed by atoms with Gasteiger partial charge in [0.15, 0.2) is 0 Å². The lowest BCUT2D eigenvalue weighted by Gasteiger charge is -2.27. The molecule has 1 amide bonds. The molecule has 0 aliphatic heterocycles. The normalized spacial score (nSPS) is 12.5. The zero-order chi connectivity index (χ0) is 20.0. The standard InChI is InChI=1S/C22H27NO4/c1-15(2)14-19(20(24)25)23-21(26)27-22(3,4)18-12-10-17(11-13-18)16-8-6-5-7-9-16/h5-13,15,19H,14H2,1-4H3,(H,23,26)(H,24,25)/t19-/m1/s1. The Bertz CT molecular complexity index is 767. The van der Waals surface area contributed by atoms with E-state index in [-0.39, 0.29) is 5.92 Å². The minimum Gasteiger partial charge on any atom is -0.480 e. The topological polar surface area (TPSA) is 75.6 Å². The monoisotopic (exact) mass is 369 g/mol. The molecule has 0 spiro atoms. The molecule has 2 aromatic carbocycles. The highest BCUT2D eigenvalue weighted by Crippen LogP contribution is 2.28. The van der Waals surface area contributed by atoms with Crippen LogP contribution in [-0.4, -0.2) is 23.2 Å². The molecule has 0 bridgehead atoms. The number of benzene rings is 2. The molecule has 0 aromatic heterocycles. The summed E-state index contributed by atoms with van der Waals surface area (Å²) in [5.74, 6) is -0.921. The number of carbonyl (C=O) groups is 2. The Morgan fingerprint density at radius 1 is 1.00 bits per heavy atom. The molecule has 0 radical (unpaired) electrons. The molecule has 0 unspecified atom stereocenters. The minimum absolute atomic E-state index is 0.143. The number of carbonyl (C=O) groups excluding carboxylic acids is 1. The Morgan fingerprint density at radius 3 is 2.07 bits per heavy atom. The van der Waals surface area contributed by atoms with Gasteiger partial charge in [-0.05, 0) is 42.9 Å². The second kappa shape index (κ2) is 8.71.